The van der Waals surface area contributed by atoms with Crippen molar-refractivity contribution < 1.29 is 33.6 Å². The van der Waals surface area contributed by atoms with Crippen LogP contribution in [0.3, 0.4) is 0 Å². The van der Waals surface area contributed by atoms with E-state index in [1.807, 2.05) is 32.0 Å². The van der Waals surface area contributed by atoms with E-state index < -0.39 is 18.1 Å². The van der Waals surface area contributed by atoms with Crippen molar-refractivity contribution in [3.8, 4) is 11.5 Å². The summed E-state index contributed by atoms with van der Waals surface area (Å²) in [6.07, 6.45) is 1.88. The van der Waals surface area contributed by atoms with Crippen LogP contribution >= 0.6 is 0 Å². The first-order valence-corrected chi connectivity index (χ1v) is 15.4. The third kappa shape index (κ3) is 12.1. The zero-order chi connectivity index (χ0) is 31.1. The highest BCUT2D eigenvalue weighted by Gasteiger charge is 2.30. The molecule has 1 aromatic carbocycles. The average molecular weight is 594 g/mol. The number of morpholine rings is 1. The topological polar surface area (TPSA) is 133 Å². The molecule has 0 aromatic heterocycles. The van der Waals surface area contributed by atoms with E-state index in [4.69, 9.17) is 24.7 Å². The number of benzene rings is 1. The number of nitrogens with zero attached hydrogens (tertiary/aromatic N) is 1. The second kappa shape index (κ2) is 19.0. The summed E-state index contributed by atoms with van der Waals surface area (Å²) in [7, 11) is 3.30. The Morgan fingerprint density at radius 2 is 1.76 bits per heavy atom. The lowest BCUT2D eigenvalue weighted by molar-refractivity contribution is -0.135. The van der Waals surface area contributed by atoms with Gasteiger partial charge < -0.3 is 40.0 Å². The van der Waals surface area contributed by atoms with Gasteiger partial charge in [0.15, 0.2) is 11.5 Å². The highest BCUT2D eigenvalue weighted by Crippen LogP contribution is 2.31. The third-order valence-electron chi connectivity index (χ3n) is 8.13. The van der Waals surface area contributed by atoms with Gasteiger partial charge >= 0.3 is 0 Å². The summed E-state index contributed by atoms with van der Waals surface area (Å²) in [5, 5.41) is 14.0. The first-order chi connectivity index (χ1) is 20.1. The van der Waals surface area contributed by atoms with Crippen molar-refractivity contribution in [1.29, 1.82) is 0 Å². The van der Waals surface area contributed by atoms with Gasteiger partial charge in [-0.25, -0.2) is 0 Å². The van der Waals surface area contributed by atoms with Gasteiger partial charge in [-0.2, -0.15) is 0 Å². The molecular formula is C32H55N3O7. The van der Waals surface area contributed by atoms with Gasteiger partial charge in [-0.1, -0.05) is 33.8 Å². The monoisotopic (exact) mass is 593 g/mol. The van der Waals surface area contributed by atoms with Crippen molar-refractivity contribution in [1.82, 2.24) is 10.2 Å². The Bertz CT molecular complexity index is 937. The molecule has 10 heteroatoms. The maximum absolute atomic E-state index is 13.0. The molecule has 2 amide bonds. The standard InChI is InChI=1S/C32H55N3O7/c1-22(2)25(18-24-8-9-29(40-6)30(19-24)42-15-7-14-39-5)20-27(33)28(36)21-26(23(3)4)32(38)34-11-10-31(37)35-12-16-41-17-13-35/h8-9,19,22-23,25-28,36H,7,10-18,20-21,33H2,1-6H3,(H,34,38)/t25-,26-,27-,28-/m0/s1. The quantitative estimate of drug-likeness (QED) is 0.209. The Hall–Kier alpha value is -2.40. The number of carbonyl (C=O) groups is 2. The predicted molar refractivity (Wildman–Crippen MR) is 164 cm³/mol. The van der Waals surface area contributed by atoms with E-state index in [0.717, 1.165) is 18.4 Å². The Morgan fingerprint density at radius 3 is 2.38 bits per heavy atom. The second-order valence-corrected chi connectivity index (χ2v) is 12.0. The van der Waals surface area contributed by atoms with Crippen molar-refractivity contribution in [2.24, 2.45) is 29.4 Å². The van der Waals surface area contributed by atoms with Crippen LogP contribution in [0.25, 0.3) is 0 Å². The van der Waals surface area contributed by atoms with E-state index in [9.17, 15) is 14.7 Å². The second-order valence-electron chi connectivity index (χ2n) is 12.0. The summed E-state index contributed by atoms with van der Waals surface area (Å²) in [4.78, 5) is 27.2. The number of nitrogens with one attached hydrogen (secondary N) is 1. The molecule has 1 aliphatic rings. The maximum Gasteiger partial charge on any atom is 0.224 e. The van der Waals surface area contributed by atoms with Crippen LogP contribution in [0.1, 0.15) is 58.9 Å². The molecule has 0 saturated carbocycles. The fourth-order valence-electron chi connectivity index (χ4n) is 5.26. The molecule has 0 spiro atoms. The van der Waals surface area contributed by atoms with E-state index in [1.54, 1.807) is 19.1 Å². The third-order valence-corrected chi connectivity index (χ3v) is 8.13. The normalized spacial score (nSPS) is 16.7. The van der Waals surface area contributed by atoms with Crippen LogP contribution in [-0.4, -0.2) is 94.2 Å². The molecule has 0 bridgehead atoms. The van der Waals surface area contributed by atoms with Crippen molar-refractivity contribution in [3.63, 3.8) is 0 Å². The average Bonchev–Trinajstić information content (AvgIpc) is 2.97. The van der Waals surface area contributed by atoms with Crippen molar-refractivity contribution in [3.05, 3.63) is 23.8 Å². The molecule has 2 rings (SSSR count). The number of hydrogen-bond acceptors (Lipinski definition) is 8. The van der Waals surface area contributed by atoms with Crippen LogP contribution in [0.5, 0.6) is 11.5 Å². The smallest absolute Gasteiger partial charge is 0.224 e. The maximum atomic E-state index is 13.0. The van der Waals surface area contributed by atoms with Crippen LogP contribution in [0, 0.1) is 23.7 Å². The highest BCUT2D eigenvalue weighted by molar-refractivity contribution is 5.80. The summed E-state index contributed by atoms with van der Waals surface area (Å²) in [5.74, 6) is 1.44. The first kappa shape index (κ1) is 35.8. The van der Waals surface area contributed by atoms with Gasteiger partial charge in [0.25, 0.3) is 0 Å². The molecule has 1 aromatic rings. The molecule has 1 aliphatic heterocycles. The fraction of sp³-hybridized carbons (Fsp3) is 0.750. The first-order valence-electron chi connectivity index (χ1n) is 15.4. The number of ether oxygens (including phenoxy) is 4. The molecule has 240 valence electrons. The Kier molecular flexibility index (Phi) is 16.2. The number of hydrogen-bond donors (Lipinski definition) is 3. The van der Waals surface area contributed by atoms with Gasteiger partial charge in [0.2, 0.25) is 11.8 Å². The minimum Gasteiger partial charge on any atom is -0.493 e. The SMILES string of the molecule is COCCCOc1cc(C[C@@H](C[C@H](N)[C@@H](O)C[C@H](C(=O)NCCC(=O)N2CCOCC2)C(C)C)C(C)C)ccc1OC. The molecule has 1 saturated heterocycles. The number of aliphatic hydroxyl groups is 1. The van der Waals surface area contributed by atoms with Crippen LogP contribution in [-0.2, 0) is 25.5 Å². The number of nitrogens with two attached hydrogens (primary N) is 1. The summed E-state index contributed by atoms with van der Waals surface area (Å²) < 4.78 is 21.8. The molecule has 0 unspecified atom stereocenters. The zero-order valence-corrected chi connectivity index (χ0v) is 26.6. The number of aliphatic hydroxyl groups excluding tert-OH is 1. The van der Waals surface area contributed by atoms with Gasteiger partial charge in [-0.15, -0.1) is 0 Å². The Labute approximate surface area is 252 Å². The Balaban J connectivity index is 1.93. The summed E-state index contributed by atoms with van der Waals surface area (Å²) in [6, 6.07) is 5.51. The summed E-state index contributed by atoms with van der Waals surface area (Å²) in [6.45, 7) is 12.0. The van der Waals surface area contributed by atoms with E-state index >= 15 is 0 Å². The predicted octanol–water partition coefficient (Wildman–Crippen LogP) is 3.03. The molecule has 42 heavy (non-hydrogen) atoms. The van der Waals surface area contributed by atoms with Gasteiger partial charge in [0.05, 0.1) is 33.0 Å². The van der Waals surface area contributed by atoms with Crippen LogP contribution in [0.2, 0.25) is 0 Å². The lowest BCUT2D eigenvalue weighted by atomic mass is 9.81. The van der Waals surface area contributed by atoms with Crippen LogP contribution < -0.4 is 20.5 Å². The number of methoxy groups -OCH3 is 2. The van der Waals surface area contributed by atoms with E-state index in [0.29, 0.717) is 63.4 Å². The van der Waals surface area contributed by atoms with Gasteiger partial charge in [-0.3, -0.25) is 9.59 Å². The van der Waals surface area contributed by atoms with Crippen LogP contribution in [0.4, 0.5) is 0 Å². The van der Waals surface area contributed by atoms with E-state index in [-0.39, 0.29) is 43.0 Å². The number of amides is 2. The highest BCUT2D eigenvalue weighted by atomic mass is 16.5. The van der Waals surface area contributed by atoms with Crippen molar-refractivity contribution in [2.45, 2.75) is 71.9 Å². The lowest BCUT2D eigenvalue weighted by Crippen LogP contribution is -2.44. The fourth-order valence-corrected chi connectivity index (χ4v) is 5.26. The van der Waals surface area contributed by atoms with E-state index in [1.165, 1.54) is 0 Å². The minimum atomic E-state index is -0.824. The summed E-state index contributed by atoms with van der Waals surface area (Å²) >= 11 is 0. The Morgan fingerprint density at radius 1 is 1.05 bits per heavy atom. The molecule has 1 fully saturated rings. The summed E-state index contributed by atoms with van der Waals surface area (Å²) in [5.41, 5.74) is 7.67. The zero-order valence-electron chi connectivity index (χ0n) is 26.6. The molecule has 0 aliphatic carbocycles. The molecule has 4 atom stereocenters. The van der Waals surface area contributed by atoms with Crippen molar-refractivity contribution >= 4 is 11.8 Å². The minimum absolute atomic E-state index is 0.0168. The molecular weight excluding hydrogens is 538 g/mol. The number of carbonyl (C=O) groups excluding carboxylic acids is 2. The lowest BCUT2D eigenvalue weighted by Gasteiger charge is -2.30. The largest absolute Gasteiger partial charge is 0.493 e. The molecule has 1 heterocycles. The van der Waals surface area contributed by atoms with Gasteiger partial charge in [0.1, 0.15) is 0 Å². The van der Waals surface area contributed by atoms with E-state index in [2.05, 4.69) is 19.2 Å². The van der Waals surface area contributed by atoms with Crippen molar-refractivity contribution in [2.75, 3.05) is 60.3 Å². The van der Waals surface area contributed by atoms with Gasteiger partial charge in [0, 0.05) is 58.2 Å². The van der Waals surface area contributed by atoms with Crippen LogP contribution in [0.15, 0.2) is 18.2 Å². The molecule has 10 nitrogen and oxygen atoms in total. The number of rotatable bonds is 19. The molecule has 0 radical (unpaired) electrons. The molecule has 4 N–H and O–H groups in total. The van der Waals surface area contributed by atoms with Gasteiger partial charge in [-0.05, 0) is 54.7 Å².